The monoisotopic (exact) mass is 398 g/mol. The molecule has 0 saturated carbocycles. The van der Waals surface area contributed by atoms with Gasteiger partial charge in [-0.2, -0.15) is 0 Å². The van der Waals surface area contributed by atoms with Gasteiger partial charge in [0.1, 0.15) is 11.5 Å². The molecule has 142 valence electrons. The molecule has 4 aromatic carbocycles. The van der Waals surface area contributed by atoms with E-state index in [1.807, 2.05) is 66.7 Å². The van der Waals surface area contributed by atoms with Crippen LogP contribution in [-0.4, -0.2) is 11.1 Å². The molecule has 0 spiro atoms. The molecule has 0 saturated heterocycles. The van der Waals surface area contributed by atoms with E-state index in [1.165, 1.54) is 0 Å². The summed E-state index contributed by atoms with van der Waals surface area (Å²) in [7, 11) is 0. The van der Waals surface area contributed by atoms with E-state index >= 15 is 0 Å². The van der Waals surface area contributed by atoms with Gasteiger partial charge in [0.2, 0.25) is 0 Å². The fourth-order valence-electron chi connectivity index (χ4n) is 2.82. The highest BCUT2D eigenvalue weighted by Crippen LogP contribution is 2.30. The maximum Gasteiger partial charge on any atom is 0.343 e. The Labute approximate surface area is 173 Å². The quantitative estimate of drug-likeness (QED) is 0.311. The van der Waals surface area contributed by atoms with Crippen LogP contribution in [-0.2, 0) is 0 Å². The van der Waals surface area contributed by atoms with Gasteiger partial charge in [-0.3, -0.25) is 0 Å². The van der Waals surface area contributed by atoms with E-state index in [0.29, 0.717) is 11.3 Å². The Kier molecular flexibility index (Phi) is 5.63. The number of aromatic hydroxyl groups is 1. The van der Waals surface area contributed by atoms with Gasteiger partial charge in [-0.15, -0.1) is 0 Å². The molecule has 0 aliphatic rings. The maximum absolute atomic E-state index is 12.4. The van der Waals surface area contributed by atoms with Crippen LogP contribution in [0.3, 0.4) is 0 Å². The van der Waals surface area contributed by atoms with Gasteiger partial charge in [-0.1, -0.05) is 54.2 Å². The van der Waals surface area contributed by atoms with Crippen LogP contribution < -0.4 is 4.74 Å². The van der Waals surface area contributed by atoms with Crippen LogP contribution in [0.1, 0.15) is 10.4 Å². The van der Waals surface area contributed by atoms with Crippen LogP contribution in [0, 0.1) is 0 Å². The predicted octanol–water partition coefficient (Wildman–Crippen LogP) is 6.43. The lowest BCUT2D eigenvalue weighted by atomic mass is 10.0. The second-order valence-corrected chi connectivity index (χ2v) is 7.55. The summed E-state index contributed by atoms with van der Waals surface area (Å²) in [6, 6.07) is 31.8. The molecular weight excluding hydrogens is 380 g/mol. The molecule has 0 unspecified atom stereocenters. The summed E-state index contributed by atoms with van der Waals surface area (Å²) in [6.45, 7) is 0. The molecule has 0 atom stereocenters. The molecule has 3 nitrogen and oxygen atoms in total. The summed E-state index contributed by atoms with van der Waals surface area (Å²) >= 11 is 1.57. The molecule has 0 aliphatic heterocycles. The van der Waals surface area contributed by atoms with E-state index < -0.39 is 0 Å². The second-order valence-electron chi connectivity index (χ2n) is 6.40. The molecule has 0 bridgehead atoms. The van der Waals surface area contributed by atoms with Crippen molar-refractivity contribution in [1.29, 1.82) is 0 Å². The van der Waals surface area contributed by atoms with Crippen LogP contribution in [0.25, 0.3) is 11.1 Å². The lowest BCUT2D eigenvalue weighted by molar-refractivity contribution is 0.0734. The van der Waals surface area contributed by atoms with Gasteiger partial charge in [0.25, 0.3) is 0 Å². The topological polar surface area (TPSA) is 46.5 Å². The van der Waals surface area contributed by atoms with Crippen molar-refractivity contribution in [3.05, 3.63) is 109 Å². The van der Waals surface area contributed by atoms with Crippen molar-refractivity contribution < 1.29 is 14.6 Å². The van der Waals surface area contributed by atoms with Gasteiger partial charge in [0.05, 0.1) is 5.56 Å². The minimum absolute atomic E-state index is 0.244. The summed E-state index contributed by atoms with van der Waals surface area (Å²) < 4.78 is 5.49. The zero-order chi connectivity index (χ0) is 20.1. The molecule has 0 heterocycles. The van der Waals surface area contributed by atoms with Gasteiger partial charge in [-0.25, -0.2) is 4.79 Å². The number of ether oxygens (including phenoxy) is 1. The molecule has 4 heteroatoms. The number of phenols is 1. The molecular formula is C25H18O3S. The summed E-state index contributed by atoms with van der Waals surface area (Å²) in [5, 5.41) is 9.35. The Balaban J connectivity index is 1.39. The minimum atomic E-state index is -0.386. The normalized spacial score (nSPS) is 10.5. The van der Waals surface area contributed by atoms with Gasteiger partial charge >= 0.3 is 5.97 Å². The lowest BCUT2D eigenvalue weighted by Gasteiger charge is -2.07. The van der Waals surface area contributed by atoms with Crippen LogP contribution in [0.2, 0.25) is 0 Å². The molecule has 0 aromatic heterocycles. The number of rotatable bonds is 5. The lowest BCUT2D eigenvalue weighted by Crippen LogP contribution is -2.08. The summed E-state index contributed by atoms with van der Waals surface area (Å²) in [5.74, 6) is 0.356. The van der Waals surface area contributed by atoms with E-state index in [9.17, 15) is 9.90 Å². The standard InChI is InChI=1S/C25H18O3S/c26-21-10-14-23(15-11-21)29-24-16-12-22(13-17-24)28-25(27)20-8-6-19(7-9-20)18-4-2-1-3-5-18/h1-17,26H. The van der Waals surface area contributed by atoms with Crippen molar-refractivity contribution >= 4 is 17.7 Å². The maximum atomic E-state index is 12.4. The highest BCUT2D eigenvalue weighted by Gasteiger charge is 2.09. The molecule has 0 amide bonds. The average molecular weight is 398 g/mol. The van der Waals surface area contributed by atoms with Crippen molar-refractivity contribution in [2.45, 2.75) is 9.79 Å². The van der Waals surface area contributed by atoms with E-state index in [1.54, 1.807) is 48.2 Å². The molecule has 29 heavy (non-hydrogen) atoms. The average Bonchev–Trinajstić information content (AvgIpc) is 2.77. The van der Waals surface area contributed by atoms with Crippen LogP contribution in [0.4, 0.5) is 0 Å². The molecule has 1 N–H and O–H groups in total. The zero-order valence-electron chi connectivity index (χ0n) is 15.5. The number of hydrogen-bond donors (Lipinski definition) is 1. The van der Waals surface area contributed by atoms with E-state index in [2.05, 4.69) is 0 Å². The van der Waals surface area contributed by atoms with Crippen LogP contribution in [0.15, 0.2) is 113 Å². The number of hydrogen-bond acceptors (Lipinski definition) is 4. The number of esters is 1. The number of benzene rings is 4. The van der Waals surface area contributed by atoms with Crippen LogP contribution in [0.5, 0.6) is 11.5 Å². The van der Waals surface area contributed by atoms with Crippen molar-refractivity contribution in [1.82, 2.24) is 0 Å². The van der Waals surface area contributed by atoms with Gasteiger partial charge in [0.15, 0.2) is 0 Å². The summed E-state index contributed by atoms with van der Waals surface area (Å²) in [6.07, 6.45) is 0. The minimum Gasteiger partial charge on any atom is -0.508 e. The SMILES string of the molecule is O=C(Oc1ccc(Sc2ccc(O)cc2)cc1)c1ccc(-c2ccccc2)cc1. The Bertz CT molecular complexity index is 1090. The Hall–Kier alpha value is -3.50. The third-order valence-electron chi connectivity index (χ3n) is 4.33. The smallest absolute Gasteiger partial charge is 0.343 e. The first kappa shape index (κ1) is 18.8. The largest absolute Gasteiger partial charge is 0.508 e. The predicted molar refractivity (Wildman–Crippen MR) is 116 cm³/mol. The van der Waals surface area contributed by atoms with Crippen molar-refractivity contribution in [2.24, 2.45) is 0 Å². The highest BCUT2D eigenvalue weighted by molar-refractivity contribution is 7.99. The summed E-state index contributed by atoms with van der Waals surface area (Å²) in [4.78, 5) is 14.5. The molecule has 4 rings (SSSR count). The van der Waals surface area contributed by atoms with Gasteiger partial charge in [-0.05, 0) is 71.8 Å². The zero-order valence-corrected chi connectivity index (χ0v) is 16.3. The number of carbonyl (C=O) groups is 1. The first-order chi connectivity index (χ1) is 14.2. The number of carbonyl (C=O) groups excluding carboxylic acids is 1. The van der Waals surface area contributed by atoms with Crippen molar-refractivity contribution in [3.63, 3.8) is 0 Å². The van der Waals surface area contributed by atoms with Crippen molar-refractivity contribution in [3.8, 4) is 22.6 Å². The fourth-order valence-corrected chi connectivity index (χ4v) is 3.64. The molecule has 0 radical (unpaired) electrons. The molecule has 0 aliphatic carbocycles. The summed E-state index contributed by atoms with van der Waals surface area (Å²) in [5.41, 5.74) is 2.67. The Morgan fingerprint density at radius 2 is 1.21 bits per heavy atom. The van der Waals surface area contributed by atoms with E-state index in [-0.39, 0.29) is 11.7 Å². The van der Waals surface area contributed by atoms with Crippen LogP contribution >= 0.6 is 11.8 Å². The van der Waals surface area contributed by atoms with Crippen molar-refractivity contribution in [2.75, 3.05) is 0 Å². The van der Waals surface area contributed by atoms with E-state index in [4.69, 9.17) is 4.74 Å². The Morgan fingerprint density at radius 3 is 1.83 bits per heavy atom. The first-order valence-corrected chi connectivity index (χ1v) is 9.94. The molecule has 4 aromatic rings. The van der Waals surface area contributed by atoms with E-state index in [0.717, 1.165) is 20.9 Å². The first-order valence-electron chi connectivity index (χ1n) is 9.12. The molecule has 0 fully saturated rings. The Morgan fingerprint density at radius 1 is 0.655 bits per heavy atom. The highest BCUT2D eigenvalue weighted by atomic mass is 32.2. The van der Waals surface area contributed by atoms with Gasteiger partial charge < -0.3 is 9.84 Å². The fraction of sp³-hybridized carbons (Fsp3) is 0. The second kappa shape index (κ2) is 8.67. The van der Waals surface area contributed by atoms with Gasteiger partial charge in [0, 0.05) is 9.79 Å². The third-order valence-corrected chi connectivity index (χ3v) is 5.35. The third kappa shape index (κ3) is 4.86. The number of phenolic OH excluding ortho intramolecular Hbond substituents is 1.